The van der Waals surface area contributed by atoms with Crippen molar-refractivity contribution in [3.8, 4) is 0 Å². The second kappa shape index (κ2) is 4.30. The van der Waals surface area contributed by atoms with E-state index in [4.69, 9.17) is 8.42 Å². The average Bonchev–Trinajstić information content (AvgIpc) is 1.35. The molecule has 0 fully saturated rings. The molecule has 0 aliphatic carbocycles. The maximum absolute atomic E-state index is 10.5. The summed E-state index contributed by atoms with van der Waals surface area (Å²) in [6.07, 6.45) is 0. The van der Waals surface area contributed by atoms with Gasteiger partial charge < -0.3 is 0 Å². The molecule has 0 unspecified atom stereocenters. The molecule has 0 bridgehead atoms. The van der Waals surface area contributed by atoms with Crippen LogP contribution in [0.15, 0.2) is 0 Å². The second-order valence-corrected chi connectivity index (χ2v) is 1.37. The molecule has 0 aromatic rings. The first-order chi connectivity index (χ1) is 2.56. The normalized spacial score (nSPS) is 10.0. The Balaban J connectivity index is 0. The molecular formula is HF2KO3S. The summed E-state index contributed by atoms with van der Waals surface area (Å²) in [4.78, 5) is 0. The molecule has 0 saturated heterocycles. The van der Waals surface area contributed by atoms with Crippen molar-refractivity contribution in [3.63, 3.8) is 0 Å². The van der Waals surface area contributed by atoms with Gasteiger partial charge in [-0.25, -0.2) is 0 Å². The average molecular weight is 158 g/mol. The molecule has 0 rings (SSSR count). The number of halogens is 2. The van der Waals surface area contributed by atoms with Crippen LogP contribution in [-0.4, -0.2) is 59.8 Å². The third-order valence-corrected chi connectivity index (χ3v) is 0.226. The first-order valence-corrected chi connectivity index (χ1v) is 2.12. The summed E-state index contributed by atoms with van der Waals surface area (Å²) in [5.74, 6) is 0. The summed E-state index contributed by atoms with van der Waals surface area (Å²) in [5, 5.41) is 0. The van der Waals surface area contributed by atoms with Crippen molar-refractivity contribution < 1.29 is 21.2 Å². The second-order valence-electron chi connectivity index (χ2n) is 0.456. The molecular weight excluding hydrogens is 157 g/mol. The van der Waals surface area contributed by atoms with Crippen LogP contribution in [0, 0.1) is 0 Å². The fourth-order valence-electron chi connectivity index (χ4n) is 0. The Bertz CT molecular complexity index is 115. The molecule has 0 atom stereocenters. The van der Waals surface area contributed by atoms with Crippen molar-refractivity contribution in [1.29, 1.82) is 0 Å². The van der Waals surface area contributed by atoms with E-state index in [-0.39, 0.29) is 51.4 Å². The van der Waals surface area contributed by atoms with E-state index in [0.29, 0.717) is 0 Å². The summed E-state index contributed by atoms with van der Waals surface area (Å²) in [6.45, 7) is 0. The van der Waals surface area contributed by atoms with E-state index in [2.05, 4.69) is 0 Å². The van der Waals surface area contributed by atoms with Crippen molar-refractivity contribution in [3.05, 3.63) is 0 Å². The van der Waals surface area contributed by atoms with Crippen molar-refractivity contribution in [2.45, 2.75) is 0 Å². The predicted octanol–water partition coefficient (Wildman–Crippen LogP) is -0.547. The third kappa shape index (κ3) is 11.1. The summed E-state index contributed by atoms with van der Waals surface area (Å²) < 4.78 is 39.7. The van der Waals surface area contributed by atoms with Gasteiger partial charge in [-0.3, -0.25) is 0 Å². The van der Waals surface area contributed by atoms with Gasteiger partial charge in [0.25, 0.3) is 0 Å². The van der Waals surface area contributed by atoms with Crippen LogP contribution in [0.2, 0.25) is 0 Å². The van der Waals surface area contributed by atoms with Gasteiger partial charge in [0.05, 0.1) is 0 Å². The molecule has 0 N–H and O–H groups in total. The Morgan fingerprint density at radius 1 is 1.43 bits per heavy atom. The van der Waals surface area contributed by atoms with Gasteiger partial charge in [0.15, 0.2) is 0 Å². The quantitative estimate of drug-likeness (QED) is 0.380. The van der Waals surface area contributed by atoms with E-state index >= 15 is 0 Å². The van der Waals surface area contributed by atoms with Crippen LogP contribution in [0.3, 0.4) is 0 Å². The molecule has 7 heavy (non-hydrogen) atoms. The van der Waals surface area contributed by atoms with Gasteiger partial charge in [-0.2, -0.15) is 8.42 Å². The van der Waals surface area contributed by atoms with E-state index in [9.17, 15) is 8.41 Å². The van der Waals surface area contributed by atoms with Gasteiger partial charge >= 0.3 is 61.9 Å². The van der Waals surface area contributed by atoms with Gasteiger partial charge in [-0.1, -0.05) is 3.89 Å². The Labute approximate surface area is 81.8 Å². The molecule has 3 nitrogen and oxygen atoms in total. The minimum absolute atomic E-state index is 0. The van der Waals surface area contributed by atoms with Crippen LogP contribution in [0.25, 0.3) is 0 Å². The van der Waals surface area contributed by atoms with E-state index in [1.165, 1.54) is 0 Å². The van der Waals surface area contributed by atoms with Crippen LogP contribution >= 0.6 is 0 Å². The van der Waals surface area contributed by atoms with Gasteiger partial charge in [0.1, 0.15) is 0 Å². The van der Waals surface area contributed by atoms with Crippen molar-refractivity contribution in [1.82, 2.24) is 0 Å². The first-order valence-electron chi connectivity index (χ1n) is 0.809. The molecule has 0 radical (unpaired) electrons. The van der Waals surface area contributed by atoms with Crippen LogP contribution in [0.1, 0.15) is 0 Å². The Kier molecular flexibility index (Phi) is 6.90. The molecule has 40 valence electrons. The van der Waals surface area contributed by atoms with Crippen molar-refractivity contribution >= 4 is 61.9 Å². The van der Waals surface area contributed by atoms with Crippen LogP contribution in [-0.2, 0) is 14.9 Å². The molecule has 0 amide bonds. The van der Waals surface area contributed by atoms with Gasteiger partial charge in [0, 0.05) is 0 Å². The molecule has 0 aliphatic rings. The molecule has 0 aromatic carbocycles. The summed E-state index contributed by atoms with van der Waals surface area (Å²) in [6, 6.07) is 0. The summed E-state index contributed by atoms with van der Waals surface area (Å²) in [5.41, 5.74) is 0. The van der Waals surface area contributed by atoms with Crippen molar-refractivity contribution in [2.24, 2.45) is 0 Å². The molecule has 0 heterocycles. The maximum atomic E-state index is 10.5. The zero-order chi connectivity index (χ0) is 5.21. The number of hydrogen-bond acceptors (Lipinski definition) is 3. The third-order valence-electron chi connectivity index (χ3n) is 0.0752. The van der Waals surface area contributed by atoms with E-state index < -0.39 is 10.5 Å². The van der Waals surface area contributed by atoms with Gasteiger partial charge in [0.2, 0.25) is 0 Å². The fourth-order valence-corrected chi connectivity index (χ4v) is 0. The summed E-state index contributed by atoms with van der Waals surface area (Å²) in [7, 11) is -5.33. The van der Waals surface area contributed by atoms with E-state index in [0.717, 1.165) is 0 Å². The van der Waals surface area contributed by atoms with Gasteiger partial charge in [-0.05, 0) is 8.91 Å². The predicted molar refractivity (Wildman–Crippen MR) is 19.4 cm³/mol. The van der Waals surface area contributed by atoms with Gasteiger partial charge in [-0.15, -0.1) is 0 Å². The Hall–Kier alpha value is 1.41. The molecule has 0 aromatic heterocycles. The number of hydrogen-bond donors (Lipinski definition) is 0. The zero-order valence-electron chi connectivity index (χ0n) is 2.39. The summed E-state index contributed by atoms with van der Waals surface area (Å²) >= 11 is 0. The molecule has 0 saturated carbocycles. The van der Waals surface area contributed by atoms with Crippen LogP contribution < -0.4 is 0 Å². The zero-order valence-corrected chi connectivity index (χ0v) is 3.21. The fraction of sp³-hybridized carbons (Fsp3) is 0. The minimum atomic E-state index is -5.33. The molecule has 0 aliphatic heterocycles. The van der Waals surface area contributed by atoms with Crippen LogP contribution in [0.5, 0.6) is 0 Å². The van der Waals surface area contributed by atoms with Crippen LogP contribution in [0.4, 0.5) is 8.41 Å². The first kappa shape index (κ1) is 11.2. The standard InChI is InChI=1S/F2O3S.K.H/c1-5-6(2,3)4;;. The molecule has 0 spiro atoms. The topological polar surface area (TPSA) is 43.4 Å². The Morgan fingerprint density at radius 2 is 1.57 bits per heavy atom. The van der Waals surface area contributed by atoms with E-state index in [1.54, 1.807) is 4.39 Å². The van der Waals surface area contributed by atoms with E-state index in [1.807, 2.05) is 0 Å². The molecule has 7 heteroatoms. The van der Waals surface area contributed by atoms with Crippen molar-refractivity contribution in [2.75, 3.05) is 0 Å². The monoisotopic (exact) mass is 158 g/mol. The number of rotatable bonds is 1. The SMILES string of the molecule is O=S(=O)(F)OF.[KH]. The Morgan fingerprint density at radius 3 is 1.57 bits per heavy atom.